The van der Waals surface area contributed by atoms with E-state index in [0.29, 0.717) is 21.5 Å². The smallest absolute Gasteiger partial charge is 0.261 e. The number of fused-ring (bicyclic) bond motifs is 8. The maximum atomic E-state index is 12.8. The largest absolute Gasteiger partial charge is 0.296 e. The van der Waals surface area contributed by atoms with Crippen molar-refractivity contribution >= 4 is 131 Å². The monoisotopic (exact) mass is 1450 g/mol. The zero-order valence-corrected chi connectivity index (χ0v) is 60.4. The fourth-order valence-electron chi connectivity index (χ4n) is 12.3. The van der Waals surface area contributed by atoms with Crippen LogP contribution < -0.4 is 22.2 Å². The van der Waals surface area contributed by atoms with Crippen molar-refractivity contribution in [3.05, 3.63) is 254 Å². The predicted octanol–water partition coefficient (Wildman–Crippen LogP) is 16.7. The van der Waals surface area contributed by atoms with Crippen molar-refractivity contribution in [3.63, 3.8) is 0 Å². The number of rotatable bonds is 5. The van der Waals surface area contributed by atoms with Crippen LogP contribution in [0.3, 0.4) is 0 Å². The van der Waals surface area contributed by atoms with Gasteiger partial charge in [0.25, 0.3) is 22.2 Å². The van der Waals surface area contributed by atoms with Gasteiger partial charge in [-0.15, -0.1) is 24.8 Å². The lowest BCUT2D eigenvalue weighted by atomic mass is 9.83. The van der Waals surface area contributed by atoms with Crippen LogP contribution in [0.1, 0.15) is 133 Å². The van der Waals surface area contributed by atoms with Gasteiger partial charge in [0.05, 0.1) is 60.7 Å². The highest BCUT2D eigenvalue weighted by Gasteiger charge is 2.31. The van der Waals surface area contributed by atoms with Gasteiger partial charge < -0.3 is 0 Å². The van der Waals surface area contributed by atoms with Crippen LogP contribution in [0, 0.1) is 21.7 Å². The van der Waals surface area contributed by atoms with Crippen molar-refractivity contribution in [2.45, 2.75) is 133 Å². The summed E-state index contributed by atoms with van der Waals surface area (Å²) in [4.78, 5) is 81.9. The van der Waals surface area contributed by atoms with Gasteiger partial charge >= 0.3 is 0 Å². The second-order valence-corrected chi connectivity index (χ2v) is 29.7. The lowest BCUT2D eigenvalue weighted by Gasteiger charge is -2.31. The van der Waals surface area contributed by atoms with Crippen LogP contribution in [0.2, 0.25) is 0 Å². The van der Waals surface area contributed by atoms with E-state index in [9.17, 15) is 19.2 Å². The molecule has 0 N–H and O–H groups in total. The van der Waals surface area contributed by atoms with E-state index in [1.54, 1.807) is 24.7 Å². The summed E-state index contributed by atoms with van der Waals surface area (Å²) < 4.78 is 9.30. The molecule has 0 radical (unpaired) electrons. The third kappa shape index (κ3) is 17.4. The molecule has 15 nitrogen and oxygen atoms in total. The van der Waals surface area contributed by atoms with Gasteiger partial charge in [-0.25, -0.2) is 19.9 Å². The van der Waals surface area contributed by atoms with Gasteiger partial charge in [-0.2, -0.15) is 0 Å². The van der Waals surface area contributed by atoms with Gasteiger partial charge in [-0.05, 0) is 174 Å². The SMILES string of the molecule is C=Cc1ccccn1.CC1(C)CCc2nc3cc(/C=C/c4ccccn4)ccc3c(=O)n2C1.CC1(C)CCc2nc3cc(Br)ccc3c(=O)n2C1.CC1(C)CCn2c(nc3cc(/C=C/c4ccccn4)ccc3c2=O)C1.CC1(C)CCn2c(nc3cc(Br)ccc3c2=O)C1.Cl.Cl. The number of halogens is 4. The molecule has 0 saturated heterocycles. The minimum atomic E-state index is 0. The minimum Gasteiger partial charge on any atom is -0.296 e. The summed E-state index contributed by atoms with van der Waals surface area (Å²) in [6.45, 7) is 24.4. The zero-order chi connectivity index (χ0) is 66.5. The highest BCUT2D eigenvalue weighted by atomic mass is 79.9. The number of pyridine rings is 3. The molecule has 496 valence electrons. The fourth-order valence-corrected chi connectivity index (χ4v) is 13.0. The second-order valence-electron chi connectivity index (χ2n) is 27.8. The third-order valence-electron chi connectivity index (χ3n) is 17.8. The number of hydrogen-bond acceptors (Lipinski definition) is 11. The lowest BCUT2D eigenvalue weighted by molar-refractivity contribution is 0.240. The zero-order valence-electron chi connectivity index (χ0n) is 55.6. The standard InChI is InChI=1S/2C21H21N3O.2C14H15BrN2O.C7H7N.2ClH/c1-21(2)11-10-19-23-18-13-15(6-8-16-5-3-4-12-22-16)7-9-17(18)20(25)24(19)14-21;1-21(2)10-12-24-19(14-21)23-18-13-15(7-9-17(18)20(24)25)6-8-16-5-3-4-11-22-16;1-14(2)5-6-17-12(8-14)16-11-7-9(15)3-4-10(11)13(17)18;1-14(2)6-5-12-16-11-7-9(15)3-4-10(11)13(18)17(12)8-14;1-2-7-5-3-4-6-8-7;;/h3-9,12-13H,10-11,14H2,1-2H3;3-9,11,13H,10,12,14H2,1-2H3;2*3-4,7H,5-6,8H2,1-2H3;2-6H,1H2;2*1H/b2*8-6+;;;;;. The molecule has 0 atom stereocenters. The van der Waals surface area contributed by atoms with E-state index in [1.165, 1.54) is 0 Å². The van der Waals surface area contributed by atoms with E-state index in [0.717, 1.165) is 160 Å². The van der Waals surface area contributed by atoms with Crippen molar-refractivity contribution in [3.8, 4) is 0 Å². The first-order chi connectivity index (χ1) is 44.9. The maximum Gasteiger partial charge on any atom is 0.261 e. The Balaban J connectivity index is 0.000000145. The molecule has 4 aliphatic heterocycles. The second kappa shape index (κ2) is 30.4. The molecule has 7 aromatic heterocycles. The molecule has 4 aromatic carbocycles. The van der Waals surface area contributed by atoms with Crippen LogP contribution in [0.4, 0.5) is 0 Å². The lowest BCUT2D eigenvalue weighted by Crippen LogP contribution is -2.36. The van der Waals surface area contributed by atoms with E-state index in [2.05, 4.69) is 119 Å². The van der Waals surface area contributed by atoms with Crippen LogP contribution in [0.25, 0.3) is 74.0 Å². The maximum absolute atomic E-state index is 12.8. The highest BCUT2D eigenvalue weighted by Crippen LogP contribution is 2.34. The van der Waals surface area contributed by atoms with Crippen LogP contribution in [-0.2, 0) is 51.9 Å². The van der Waals surface area contributed by atoms with E-state index < -0.39 is 0 Å². The van der Waals surface area contributed by atoms with E-state index in [4.69, 9.17) is 9.97 Å². The summed E-state index contributed by atoms with van der Waals surface area (Å²) >= 11 is 6.85. The molecule has 0 unspecified atom stereocenters. The first kappa shape index (κ1) is 71.9. The summed E-state index contributed by atoms with van der Waals surface area (Å²) in [6, 6.07) is 40.3. The number of aryl methyl sites for hydroxylation is 2. The van der Waals surface area contributed by atoms with Crippen molar-refractivity contribution in [2.24, 2.45) is 21.7 Å². The van der Waals surface area contributed by atoms with Crippen LogP contribution in [0.15, 0.2) is 181 Å². The first-order valence-corrected chi connectivity index (χ1v) is 33.6. The number of hydrogen-bond donors (Lipinski definition) is 0. The topological polar surface area (TPSA) is 178 Å². The fraction of sp³-hybridized carbons (Fsp3) is 0.312. The molecule has 0 fully saturated rings. The molecule has 0 saturated carbocycles. The van der Waals surface area contributed by atoms with E-state index in [1.807, 2.05) is 170 Å². The Hall–Kier alpha value is -8.35. The quantitative estimate of drug-likeness (QED) is 0.160. The molecule has 0 amide bonds. The summed E-state index contributed by atoms with van der Waals surface area (Å²) in [5.41, 5.74) is 9.02. The summed E-state index contributed by atoms with van der Waals surface area (Å²) in [5, 5.41) is 2.80. The molecule has 11 heterocycles. The summed E-state index contributed by atoms with van der Waals surface area (Å²) in [5.74, 6) is 3.65. The van der Waals surface area contributed by atoms with Crippen LogP contribution in [0.5, 0.6) is 0 Å². The molecule has 0 bridgehead atoms. The molecule has 19 heteroatoms. The normalized spacial score (nSPS) is 15.8. The molecule has 11 aromatic rings. The van der Waals surface area contributed by atoms with Gasteiger partial charge in [-0.3, -0.25) is 52.4 Å². The molecule has 0 spiro atoms. The van der Waals surface area contributed by atoms with Crippen LogP contribution >= 0.6 is 56.7 Å². The average Bonchev–Trinajstić information content (AvgIpc) is 0.787. The van der Waals surface area contributed by atoms with Gasteiger partial charge in [-0.1, -0.05) is 136 Å². The van der Waals surface area contributed by atoms with Crippen molar-refractivity contribution in [1.29, 1.82) is 0 Å². The molecular formula is C77H81Br2Cl2N11O4. The molecule has 15 rings (SSSR count). The van der Waals surface area contributed by atoms with Crippen molar-refractivity contribution < 1.29 is 0 Å². The number of nitrogens with zero attached hydrogens (tertiary/aromatic N) is 11. The Morgan fingerprint density at radius 2 is 0.740 bits per heavy atom. The van der Waals surface area contributed by atoms with E-state index >= 15 is 0 Å². The van der Waals surface area contributed by atoms with Crippen molar-refractivity contribution in [2.75, 3.05) is 0 Å². The Kier molecular flexibility index (Phi) is 22.8. The average molecular weight is 1460 g/mol. The van der Waals surface area contributed by atoms with Gasteiger partial charge in [0.15, 0.2) is 0 Å². The Bertz CT molecular complexity index is 4970. The van der Waals surface area contributed by atoms with Gasteiger partial charge in [0.1, 0.15) is 23.3 Å². The number of benzene rings is 4. The first-order valence-electron chi connectivity index (χ1n) is 32.1. The summed E-state index contributed by atoms with van der Waals surface area (Å²) in [6.07, 6.45) is 22.6. The number of aromatic nitrogens is 11. The highest BCUT2D eigenvalue weighted by molar-refractivity contribution is 9.10. The van der Waals surface area contributed by atoms with Gasteiger partial charge in [0, 0.05) is 79.4 Å². The Morgan fingerprint density at radius 3 is 1.09 bits per heavy atom. The van der Waals surface area contributed by atoms with Crippen molar-refractivity contribution in [1.82, 2.24) is 53.2 Å². The van der Waals surface area contributed by atoms with Crippen LogP contribution in [-0.4, -0.2) is 53.2 Å². The minimum absolute atomic E-state index is 0. The summed E-state index contributed by atoms with van der Waals surface area (Å²) in [7, 11) is 0. The molecule has 96 heavy (non-hydrogen) atoms. The van der Waals surface area contributed by atoms with E-state index in [-0.39, 0.29) is 68.7 Å². The Morgan fingerprint density at radius 1 is 0.396 bits per heavy atom. The molecule has 4 aliphatic rings. The molecular weight excluding hydrogens is 1370 g/mol. The Labute approximate surface area is 588 Å². The molecule has 0 aliphatic carbocycles. The third-order valence-corrected chi connectivity index (χ3v) is 18.8. The van der Waals surface area contributed by atoms with Gasteiger partial charge in [0.2, 0.25) is 0 Å². The predicted molar refractivity (Wildman–Crippen MR) is 403 cm³/mol.